The molecule has 0 amide bonds. The summed E-state index contributed by atoms with van der Waals surface area (Å²) in [5.74, 6) is 0.562. The van der Waals surface area contributed by atoms with Gasteiger partial charge in [-0.2, -0.15) is 0 Å². The molecule has 10 heteroatoms. The molecule has 1 N–H and O–H groups in total. The van der Waals surface area contributed by atoms with Gasteiger partial charge in [0.1, 0.15) is 5.75 Å². The number of allylic oxidation sites excluding steroid dienone is 1. The first-order valence-electron chi connectivity index (χ1n) is 10.4. The number of aromatic nitrogens is 1. The maximum Gasteiger partial charge on any atom is 0.338 e. The van der Waals surface area contributed by atoms with Gasteiger partial charge in [0.2, 0.25) is 6.79 Å². The van der Waals surface area contributed by atoms with Gasteiger partial charge in [-0.1, -0.05) is 29.0 Å². The number of fused-ring (bicyclic) bond motifs is 2. The van der Waals surface area contributed by atoms with Crippen molar-refractivity contribution in [2.45, 2.75) is 19.9 Å². The van der Waals surface area contributed by atoms with Gasteiger partial charge in [-0.3, -0.25) is 9.36 Å². The molecule has 174 valence electrons. The third kappa shape index (κ3) is 3.76. The summed E-state index contributed by atoms with van der Waals surface area (Å²) in [7, 11) is 0. The van der Waals surface area contributed by atoms with Crippen LogP contribution in [-0.4, -0.2) is 29.0 Å². The standard InChI is InChI=1S/C24H19ClN2O6S/c1-3-31-23(30)20-12(2)26-24-27(21(20)13-4-7-17-18(9-13)33-11-32-17)22(29)19(34-24)10-14-8-15(25)5-6-16(14)28/h4-10,21,28H,3,11H2,1-2H3/b19-10-. The molecule has 0 spiro atoms. The van der Waals surface area contributed by atoms with E-state index in [0.29, 0.717) is 42.7 Å². The Bertz CT molecular complexity index is 1540. The van der Waals surface area contributed by atoms with Crippen LogP contribution < -0.4 is 24.4 Å². The molecule has 1 unspecified atom stereocenters. The highest BCUT2D eigenvalue weighted by Crippen LogP contribution is 2.38. The smallest absolute Gasteiger partial charge is 0.338 e. The zero-order valence-corrected chi connectivity index (χ0v) is 19.8. The molecule has 3 aromatic rings. The van der Waals surface area contributed by atoms with E-state index < -0.39 is 12.0 Å². The fourth-order valence-corrected chi connectivity index (χ4v) is 5.19. The van der Waals surface area contributed by atoms with Crippen molar-refractivity contribution in [3.8, 4) is 17.2 Å². The molecule has 0 radical (unpaired) electrons. The third-order valence-electron chi connectivity index (χ3n) is 5.51. The molecular formula is C24H19ClN2O6S. The number of nitrogens with zero attached hydrogens (tertiary/aromatic N) is 2. The summed E-state index contributed by atoms with van der Waals surface area (Å²) >= 11 is 7.22. The molecule has 5 rings (SSSR count). The number of carbonyl (C=O) groups is 1. The Kier molecular flexibility index (Phi) is 5.66. The van der Waals surface area contributed by atoms with Gasteiger partial charge in [0.05, 0.1) is 28.5 Å². The summed E-state index contributed by atoms with van der Waals surface area (Å²) in [4.78, 5) is 31.5. The monoisotopic (exact) mass is 498 g/mol. The molecule has 1 atom stereocenters. The van der Waals surface area contributed by atoms with Crippen LogP contribution in [0.5, 0.6) is 17.2 Å². The fraction of sp³-hybridized carbons (Fsp3) is 0.208. The molecule has 0 saturated carbocycles. The van der Waals surface area contributed by atoms with Crippen LogP contribution >= 0.6 is 22.9 Å². The van der Waals surface area contributed by atoms with Gasteiger partial charge in [-0.15, -0.1) is 0 Å². The quantitative estimate of drug-likeness (QED) is 0.555. The fourth-order valence-electron chi connectivity index (χ4n) is 3.97. The van der Waals surface area contributed by atoms with Crippen molar-refractivity contribution in [3.63, 3.8) is 0 Å². The van der Waals surface area contributed by atoms with Crippen LogP contribution in [0, 0.1) is 0 Å². The Morgan fingerprint density at radius 1 is 1.29 bits per heavy atom. The molecule has 0 fully saturated rings. The molecule has 34 heavy (non-hydrogen) atoms. The number of ether oxygens (including phenoxy) is 3. The molecule has 8 nitrogen and oxygen atoms in total. The van der Waals surface area contributed by atoms with Crippen molar-refractivity contribution in [2.24, 2.45) is 4.99 Å². The van der Waals surface area contributed by atoms with Crippen molar-refractivity contribution < 1.29 is 24.1 Å². The van der Waals surface area contributed by atoms with Gasteiger partial charge >= 0.3 is 5.97 Å². The van der Waals surface area contributed by atoms with Crippen LogP contribution in [0.1, 0.15) is 31.0 Å². The second-order valence-corrected chi connectivity index (χ2v) is 9.06. The Morgan fingerprint density at radius 3 is 2.88 bits per heavy atom. The number of esters is 1. The first-order chi connectivity index (χ1) is 16.4. The van der Waals surface area contributed by atoms with Gasteiger partial charge in [-0.05, 0) is 55.8 Å². The van der Waals surface area contributed by atoms with Gasteiger partial charge in [0.15, 0.2) is 16.3 Å². The van der Waals surface area contributed by atoms with Gasteiger partial charge in [0, 0.05) is 10.6 Å². The van der Waals surface area contributed by atoms with E-state index >= 15 is 0 Å². The number of carbonyl (C=O) groups excluding carboxylic acids is 1. The van der Waals surface area contributed by atoms with Crippen molar-refractivity contribution in [1.82, 2.24) is 4.57 Å². The predicted octanol–water partition coefficient (Wildman–Crippen LogP) is 2.89. The summed E-state index contributed by atoms with van der Waals surface area (Å²) in [5, 5.41) is 10.6. The van der Waals surface area contributed by atoms with E-state index in [0.717, 1.165) is 11.3 Å². The average Bonchev–Trinajstić information content (AvgIpc) is 3.39. The molecule has 2 aliphatic rings. The number of hydrogen-bond donors (Lipinski definition) is 1. The highest BCUT2D eigenvalue weighted by molar-refractivity contribution is 7.07. The summed E-state index contributed by atoms with van der Waals surface area (Å²) in [6.07, 6.45) is 1.56. The molecule has 2 aromatic carbocycles. The number of phenolic OH excluding ortho intramolecular Hbond substituents is 1. The van der Waals surface area contributed by atoms with Gasteiger partial charge < -0.3 is 19.3 Å². The van der Waals surface area contributed by atoms with Crippen LogP contribution in [0.3, 0.4) is 0 Å². The number of rotatable bonds is 4. The normalized spacial score (nSPS) is 16.9. The summed E-state index contributed by atoms with van der Waals surface area (Å²) in [6.45, 7) is 3.72. The van der Waals surface area contributed by atoms with E-state index in [1.807, 2.05) is 0 Å². The van der Waals surface area contributed by atoms with Crippen LogP contribution in [0.15, 0.2) is 57.5 Å². The lowest BCUT2D eigenvalue weighted by atomic mass is 9.95. The largest absolute Gasteiger partial charge is 0.507 e. The van der Waals surface area contributed by atoms with E-state index in [1.165, 1.54) is 10.6 Å². The number of halogens is 1. The van der Waals surface area contributed by atoms with Crippen LogP contribution in [0.4, 0.5) is 0 Å². The Balaban J connectivity index is 1.74. The zero-order chi connectivity index (χ0) is 24.0. The molecule has 3 heterocycles. The lowest BCUT2D eigenvalue weighted by molar-refractivity contribution is -0.139. The number of benzene rings is 2. The third-order valence-corrected chi connectivity index (χ3v) is 6.72. The molecule has 0 bridgehead atoms. The number of thiazole rings is 1. The minimum Gasteiger partial charge on any atom is -0.507 e. The second kappa shape index (κ2) is 8.66. The van der Waals surface area contributed by atoms with Crippen molar-refractivity contribution in [2.75, 3.05) is 13.4 Å². The Labute approximate surface area is 202 Å². The minimum atomic E-state index is -0.778. The Hall–Kier alpha value is -3.56. The van der Waals surface area contributed by atoms with Gasteiger partial charge in [-0.25, -0.2) is 9.79 Å². The molecule has 0 aliphatic carbocycles. The maximum atomic E-state index is 13.6. The van der Waals surface area contributed by atoms with E-state index in [9.17, 15) is 14.7 Å². The highest BCUT2D eigenvalue weighted by Gasteiger charge is 2.34. The van der Waals surface area contributed by atoms with Crippen molar-refractivity contribution in [1.29, 1.82) is 0 Å². The Morgan fingerprint density at radius 2 is 2.09 bits per heavy atom. The highest BCUT2D eigenvalue weighted by atomic mass is 35.5. The van der Waals surface area contributed by atoms with E-state index in [2.05, 4.69) is 4.99 Å². The first-order valence-corrected chi connectivity index (χ1v) is 11.6. The summed E-state index contributed by atoms with van der Waals surface area (Å²) in [6, 6.07) is 9.10. The van der Waals surface area contributed by atoms with Crippen molar-refractivity contribution in [3.05, 3.63) is 83.5 Å². The first kappa shape index (κ1) is 22.2. The van der Waals surface area contributed by atoms with Gasteiger partial charge in [0.25, 0.3) is 5.56 Å². The lowest BCUT2D eigenvalue weighted by Gasteiger charge is -2.24. The van der Waals surface area contributed by atoms with Crippen LogP contribution in [-0.2, 0) is 9.53 Å². The molecule has 2 aliphatic heterocycles. The van der Waals surface area contributed by atoms with Crippen molar-refractivity contribution >= 4 is 35.0 Å². The van der Waals surface area contributed by atoms with E-state index in [-0.39, 0.29) is 30.3 Å². The summed E-state index contributed by atoms with van der Waals surface area (Å²) < 4.78 is 18.0. The van der Waals surface area contributed by atoms with Crippen LogP contribution in [0.2, 0.25) is 5.02 Å². The zero-order valence-electron chi connectivity index (χ0n) is 18.2. The lowest BCUT2D eigenvalue weighted by Crippen LogP contribution is -2.39. The molecule has 1 aromatic heterocycles. The minimum absolute atomic E-state index is 0.00838. The summed E-state index contributed by atoms with van der Waals surface area (Å²) in [5.41, 5.74) is 1.42. The van der Waals surface area contributed by atoms with Crippen LogP contribution in [0.25, 0.3) is 6.08 Å². The average molecular weight is 499 g/mol. The second-order valence-electron chi connectivity index (χ2n) is 7.62. The SMILES string of the molecule is CCOC(=O)C1=C(C)N=c2s/c(=C\c3cc(Cl)ccc3O)c(=O)n2C1c1ccc2c(c1)OCO2. The maximum absolute atomic E-state index is 13.6. The topological polar surface area (TPSA) is 99.4 Å². The van der Waals surface area contributed by atoms with E-state index in [1.54, 1.807) is 50.3 Å². The number of phenols is 1. The van der Waals surface area contributed by atoms with E-state index in [4.69, 9.17) is 25.8 Å². The number of aromatic hydroxyl groups is 1. The number of hydrogen-bond acceptors (Lipinski definition) is 8. The predicted molar refractivity (Wildman–Crippen MR) is 126 cm³/mol. The molecular weight excluding hydrogens is 480 g/mol. The molecule has 0 saturated heterocycles.